The number of carbonyl (C=O) groups excluding carboxylic acids is 1. The molecule has 12 N–H and O–H groups in total. The van der Waals surface area contributed by atoms with E-state index in [4.69, 9.17) is 33.2 Å². The largest absolute Gasteiger partial charge is 0.394 e. The van der Waals surface area contributed by atoms with Gasteiger partial charge >= 0.3 is 0 Å². The molecule has 4 heterocycles. The summed E-state index contributed by atoms with van der Waals surface area (Å²) in [6.45, 7) is 6.34. The molecule has 20 heteroatoms. The molecule has 0 radical (unpaired) electrons. The Morgan fingerprint density at radius 3 is 1.98 bits per heavy atom. The first-order chi connectivity index (χ1) is 30.7. The monoisotopic (exact) mass is 932 g/mol. The summed E-state index contributed by atoms with van der Waals surface area (Å²) in [5.74, 6) is -1.61. The molecule has 8 rings (SSSR count). The zero-order valence-corrected chi connectivity index (χ0v) is 37.5. The zero-order valence-electron chi connectivity index (χ0n) is 37.5. The Morgan fingerprint density at radius 2 is 1.34 bits per heavy atom. The normalized spacial score (nSPS) is 53.7. The molecule has 0 aromatic carbocycles. The minimum Gasteiger partial charge on any atom is -0.394 e. The number of rotatable bonds is 13. The number of aliphatic hydroxyl groups excluding tert-OH is 11. The molecule has 4 aliphatic carbocycles. The summed E-state index contributed by atoms with van der Waals surface area (Å²) in [5, 5.41) is 125. The quantitative estimate of drug-likeness (QED) is 0.0838. The molecule has 7 fully saturated rings. The highest BCUT2D eigenvalue weighted by Gasteiger charge is 2.71. The van der Waals surface area contributed by atoms with Crippen molar-refractivity contribution in [3.63, 3.8) is 0 Å². The van der Waals surface area contributed by atoms with Crippen molar-refractivity contribution in [2.45, 2.75) is 189 Å². The van der Waals surface area contributed by atoms with Gasteiger partial charge in [-0.25, -0.2) is 0 Å². The van der Waals surface area contributed by atoms with Gasteiger partial charge in [0, 0.05) is 30.1 Å². The smallest absolute Gasteiger partial charge is 0.187 e. The lowest BCUT2D eigenvalue weighted by molar-refractivity contribution is -0.363. The second-order valence-electron chi connectivity index (χ2n) is 20.9. The van der Waals surface area contributed by atoms with Crippen LogP contribution in [-0.2, 0) is 38.0 Å². The van der Waals surface area contributed by atoms with Gasteiger partial charge in [0.25, 0.3) is 0 Å². The Hall–Kier alpha value is -1.35. The third kappa shape index (κ3) is 8.60. The molecule has 0 aromatic heterocycles. The van der Waals surface area contributed by atoms with Crippen molar-refractivity contribution >= 4 is 5.78 Å². The molecule has 0 spiro atoms. The molecular formula is C45H72O20. The second kappa shape index (κ2) is 19.1. The van der Waals surface area contributed by atoms with Gasteiger partial charge in [-0.15, -0.1) is 0 Å². The molecule has 372 valence electrons. The van der Waals surface area contributed by atoms with Gasteiger partial charge in [-0.05, 0) is 67.6 Å². The summed E-state index contributed by atoms with van der Waals surface area (Å²) in [6, 6.07) is 0. The van der Waals surface area contributed by atoms with Crippen molar-refractivity contribution in [3.8, 4) is 0 Å². The molecule has 8 aliphatic rings. The van der Waals surface area contributed by atoms with E-state index in [0.29, 0.717) is 38.5 Å². The highest BCUT2D eigenvalue weighted by Crippen LogP contribution is 2.69. The molecular weight excluding hydrogens is 860 g/mol. The van der Waals surface area contributed by atoms with Crippen LogP contribution in [0.1, 0.15) is 79.1 Å². The summed E-state index contributed by atoms with van der Waals surface area (Å²) in [5.41, 5.74) is 0.155. The number of fused-ring (bicyclic) bond motifs is 7. The SMILES string of the molecule is C[C@@H](CCC1(O)O[C@H]2C[C@H]3[C@@H]4CC=C5C[C@@H](O[C@@H]6O[C@H](CO)[C@H](O[C@@H]7O[C@H](CO)[C@@H](O)[C@H](O)[C@H]7O)[C@H](O)[C@H]6O)CC[C@]5(C)[C@H]4CC(=O)[C@]3(C)[C@H]2[C@@H]1C)CO[C@@H]1O[C@H](CO)[C@@H](O)[C@H](O)[C@H]1O. The van der Waals surface area contributed by atoms with E-state index in [2.05, 4.69) is 19.9 Å². The van der Waals surface area contributed by atoms with Crippen molar-refractivity contribution in [1.29, 1.82) is 0 Å². The number of ether oxygens (including phenoxy) is 7. The van der Waals surface area contributed by atoms with E-state index in [1.165, 1.54) is 0 Å². The van der Waals surface area contributed by atoms with E-state index in [0.717, 1.165) is 12.0 Å². The summed E-state index contributed by atoms with van der Waals surface area (Å²) in [6.07, 6.45) is -16.5. The van der Waals surface area contributed by atoms with Crippen LogP contribution < -0.4 is 0 Å². The topological polar surface area (TPSA) is 324 Å². The van der Waals surface area contributed by atoms with E-state index in [9.17, 15) is 66.1 Å². The van der Waals surface area contributed by atoms with E-state index >= 15 is 0 Å². The second-order valence-corrected chi connectivity index (χ2v) is 20.9. The van der Waals surface area contributed by atoms with Gasteiger partial charge in [-0.1, -0.05) is 39.3 Å². The van der Waals surface area contributed by atoms with Gasteiger partial charge < -0.3 is 94.4 Å². The minimum atomic E-state index is -1.78. The lowest BCUT2D eigenvalue weighted by atomic mass is 9.46. The number of hydrogen-bond donors (Lipinski definition) is 12. The Kier molecular flexibility index (Phi) is 14.7. The van der Waals surface area contributed by atoms with Crippen molar-refractivity contribution in [1.82, 2.24) is 0 Å². The van der Waals surface area contributed by atoms with Crippen LogP contribution in [0.4, 0.5) is 0 Å². The van der Waals surface area contributed by atoms with Crippen molar-refractivity contribution in [2.24, 2.45) is 46.3 Å². The van der Waals surface area contributed by atoms with Crippen LogP contribution >= 0.6 is 0 Å². The summed E-state index contributed by atoms with van der Waals surface area (Å²) in [4.78, 5) is 14.6. The Balaban J connectivity index is 0.869. The molecule has 4 saturated heterocycles. The molecule has 0 bridgehead atoms. The highest BCUT2D eigenvalue weighted by molar-refractivity contribution is 5.87. The number of aliphatic hydroxyl groups is 12. The first kappa shape index (κ1) is 50.1. The number of carbonyl (C=O) groups is 1. The fourth-order valence-corrected chi connectivity index (χ4v) is 13.3. The molecule has 65 heavy (non-hydrogen) atoms. The van der Waals surface area contributed by atoms with E-state index in [1.807, 2.05) is 13.8 Å². The van der Waals surface area contributed by atoms with Gasteiger partial charge in [0.2, 0.25) is 0 Å². The predicted molar refractivity (Wildman–Crippen MR) is 219 cm³/mol. The number of hydrogen-bond acceptors (Lipinski definition) is 20. The van der Waals surface area contributed by atoms with Gasteiger partial charge in [-0.3, -0.25) is 4.79 Å². The molecule has 1 unspecified atom stereocenters. The zero-order chi connectivity index (χ0) is 47.1. The summed E-state index contributed by atoms with van der Waals surface area (Å²) in [7, 11) is 0. The van der Waals surface area contributed by atoms with Crippen LogP contribution in [0.5, 0.6) is 0 Å². The molecule has 20 nitrogen and oxygen atoms in total. The van der Waals surface area contributed by atoms with Crippen LogP contribution in [-0.4, -0.2) is 204 Å². The Labute approximate surface area is 378 Å². The molecule has 0 amide bonds. The van der Waals surface area contributed by atoms with E-state index in [-0.39, 0.29) is 65.8 Å². The van der Waals surface area contributed by atoms with Crippen LogP contribution in [0.2, 0.25) is 0 Å². The maximum absolute atomic E-state index is 14.6. The lowest BCUT2D eigenvalue weighted by Crippen LogP contribution is -2.65. The predicted octanol–water partition coefficient (Wildman–Crippen LogP) is -2.68. The van der Waals surface area contributed by atoms with Crippen molar-refractivity contribution in [3.05, 3.63) is 11.6 Å². The number of ketones is 1. The minimum absolute atomic E-state index is 0.0473. The van der Waals surface area contributed by atoms with E-state index < -0.39 is 129 Å². The molecule has 26 atom stereocenters. The first-order valence-electron chi connectivity index (χ1n) is 23.5. The molecule has 4 aliphatic heterocycles. The van der Waals surface area contributed by atoms with Gasteiger partial charge in [0.05, 0.1) is 38.6 Å². The number of Topliss-reactive ketones (excluding diaryl/α,β-unsaturated/α-hetero) is 1. The lowest BCUT2D eigenvalue weighted by Gasteiger charge is -2.57. The van der Waals surface area contributed by atoms with E-state index in [1.54, 1.807) is 0 Å². The van der Waals surface area contributed by atoms with Gasteiger partial charge in [-0.2, -0.15) is 0 Å². The third-order valence-electron chi connectivity index (χ3n) is 17.3. The Morgan fingerprint density at radius 1 is 0.754 bits per heavy atom. The fourth-order valence-electron chi connectivity index (χ4n) is 13.3. The van der Waals surface area contributed by atoms with Crippen molar-refractivity contribution in [2.75, 3.05) is 26.4 Å². The standard InChI is InChI=1S/C45H72O20/c1-18(17-59-40-36(55)33(52)31(50)26(14-46)61-40)7-10-45(58)19(2)30-25(65-45)12-24-22-6-5-20-11-21(8-9-43(20,3)23(22)13-29(49)44(24,30)4)60-41-38(57)35(54)39(28(16-48)63-41)64-42-37(56)34(53)32(51)27(15-47)62-42/h5,18-19,21-28,30-42,46-48,50-58H,6-17H2,1-4H3/t18-,19-,21-,22+,23-,24-,25-,26+,27+,28+,30-,31+,32+,33-,34-,35+,36+,37+,38+,39-,40+,41+,42-,43-,44+,45?/m0/s1. The molecule has 3 saturated carbocycles. The fraction of sp³-hybridized carbons (Fsp3) is 0.933. The van der Waals surface area contributed by atoms with Gasteiger partial charge in [0.15, 0.2) is 24.7 Å². The summed E-state index contributed by atoms with van der Waals surface area (Å²) >= 11 is 0. The van der Waals surface area contributed by atoms with Gasteiger partial charge in [0.1, 0.15) is 79.0 Å². The number of allylic oxidation sites excluding steroid dienone is 1. The average Bonchev–Trinajstić information content (AvgIpc) is 3.73. The molecule has 0 aromatic rings. The first-order valence-corrected chi connectivity index (χ1v) is 23.5. The highest BCUT2D eigenvalue weighted by atomic mass is 16.7. The maximum atomic E-state index is 14.6. The van der Waals surface area contributed by atoms with Crippen LogP contribution in [0.15, 0.2) is 11.6 Å². The average molecular weight is 933 g/mol. The van der Waals surface area contributed by atoms with Crippen LogP contribution in [0, 0.1) is 46.3 Å². The Bertz CT molecular complexity index is 1700. The third-order valence-corrected chi connectivity index (χ3v) is 17.3. The van der Waals surface area contributed by atoms with Crippen LogP contribution in [0.3, 0.4) is 0 Å². The van der Waals surface area contributed by atoms with Crippen molar-refractivity contribution < 1.29 is 99.2 Å². The van der Waals surface area contributed by atoms with Crippen LogP contribution in [0.25, 0.3) is 0 Å². The maximum Gasteiger partial charge on any atom is 0.187 e. The summed E-state index contributed by atoms with van der Waals surface area (Å²) < 4.78 is 41.1.